The molecule has 0 bridgehead atoms. The number of aromatic nitrogens is 1. The van der Waals surface area contributed by atoms with E-state index in [-0.39, 0.29) is 5.91 Å². The van der Waals surface area contributed by atoms with E-state index in [0.29, 0.717) is 6.42 Å². The van der Waals surface area contributed by atoms with Crippen LogP contribution in [-0.2, 0) is 11.2 Å². The first-order valence-electron chi connectivity index (χ1n) is 8.78. The fourth-order valence-electron chi connectivity index (χ4n) is 3.64. The van der Waals surface area contributed by atoms with Crippen LogP contribution in [0.3, 0.4) is 0 Å². The van der Waals surface area contributed by atoms with E-state index in [1.807, 2.05) is 6.92 Å². The molecule has 2 aromatic rings. The van der Waals surface area contributed by atoms with Crippen molar-refractivity contribution in [3.05, 3.63) is 35.0 Å². The third-order valence-corrected chi connectivity index (χ3v) is 5.36. The summed E-state index contributed by atoms with van der Waals surface area (Å²) in [7, 11) is 0. The highest BCUT2D eigenvalue weighted by atomic mass is 16.2. The molecule has 1 fully saturated rings. The van der Waals surface area contributed by atoms with E-state index in [1.165, 1.54) is 16.5 Å². The van der Waals surface area contributed by atoms with Gasteiger partial charge in [-0.3, -0.25) is 4.79 Å². The molecule has 0 spiro atoms. The van der Waals surface area contributed by atoms with Gasteiger partial charge in [-0.15, -0.1) is 5.01 Å². The number of amides is 3. The predicted molar refractivity (Wildman–Crippen MR) is 96.6 cm³/mol. The average molecular weight is 338 g/mol. The molecular weight excluding hydrogens is 316 g/mol. The minimum atomic E-state index is -0.865. The Morgan fingerprint density at radius 3 is 2.80 bits per heavy atom. The van der Waals surface area contributed by atoms with Crippen LogP contribution in [0.1, 0.15) is 49.9 Å². The molecule has 130 valence electrons. The number of H-pyrrole nitrogens is 1. The van der Waals surface area contributed by atoms with Gasteiger partial charge in [-0.25, -0.2) is 4.79 Å². The van der Waals surface area contributed by atoms with Gasteiger partial charge in [0.25, 0.3) is 5.91 Å². The van der Waals surface area contributed by atoms with Gasteiger partial charge in [0.2, 0.25) is 0 Å². The number of hydrazone groups is 1. The van der Waals surface area contributed by atoms with Crippen LogP contribution in [0.5, 0.6) is 0 Å². The summed E-state index contributed by atoms with van der Waals surface area (Å²) in [6.07, 6.45) is 3.22. The van der Waals surface area contributed by atoms with E-state index in [9.17, 15) is 9.59 Å². The van der Waals surface area contributed by atoms with Gasteiger partial charge in [-0.2, -0.15) is 5.10 Å². The van der Waals surface area contributed by atoms with Crippen LogP contribution in [0.25, 0.3) is 10.9 Å². The molecule has 2 N–H and O–H groups in total. The summed E-state index contributed by atoms with van der Waals surface area (Å²) in [5, 5.41) is 9.42. The molecule has 0 saturated carbocycles. The van der Waals surface area contributed by atoms with Crippen molar-refractivity contribution in [2.45, 2.75) is 52.0 Å². The maximum Gasteiger partial charge on any atom is 0.346 e. The van der Waals surface area contributed by atoms with Crippen LogP contribution in [-0.4, -0.2) is 33.2 Å². The van der Waals surface area contributed by atoms with E-state index in [0.717, 1.165) is 41.2 Å². The molecule has 0 radical (unpaired) electrons. The van der Waals surface area contributed by atoms with Crippen molar-refractivity contribution in [1.82, 2.24) is 15.3 Å². The number of carbonyl (C=O) groups is 2. The van der Waals surface area contributed by atoms with E-state index in [4.69, 9.17) is 0 Å². The highest BCUT2D eigenvalue weighted by molar-refractivity contribution is 6.11. The lowest BCUT2D eigenvalue weighted by Crippen LogP contribution is -2.42. The topological polar surface area (TPSA) is 77.6 Å². The molecule has 1 atom stereocenters. The van der Waals surface area contributed by atoms with Gasteiger partial charge in [0.1, 0.15) is 5.54 Å². The minimum absolute atomic E-state index is 0.286. The second-order valence-electron chi connectivity index (χ2n) is 7.16. The highest BCUT2D eigenvalue weighted by Gasteiger charge is 2.47. The highest BCUT2D eigenvalue weighted by Crippen LogP contribution is 2.31. The van der Waals surface area contributed by atoms with Crippen LogP contribution in [0.15, 0.2) is 23.3 Å². The zero-order valence-electron chi connectivity index (χ0n) is 14.8. The Hall–Kier alpha value is -2.63. The Bertz CT molecular complexity index is 927. The minimum Gasteiger partial charge on any atom is -0.353 e. The van der Waals surface area contributed by atoms with Gasteiger partial charge in [0, 0.05) is 10.9 Å². The van der Waals surface area contributed by atoms with Crippen LogP contribution in [0.2, 0.25) is 0 Å². The smallest absolute Gasteiger partial charge is 0.346 e. The number of carbonyl (C=O) groups excluding carboxylic acids is 2. The summed E-state index contributed by atoms with van der Waals surface area (Å²) in [5.74, 6) is -0.286. The molecule has 1 saturated heterocycles. The monoisotopic (exact) mass is 338 g/mol. The average Bonchev–Trinajstić information content (AvgIpc) is 3.06. The third-order valence-electron chi connectivity index (χ3n) is 5.36. The largest absolute Gasteiger partial charge is 0.353 e. The van der Waals surface area contributed by atoms with E-state index in [2.05, 4.69) is 40.5 Å². The molecule has 6 nitrogen and oxygen atoms in total. The first-order chi connectivity index (χ1) is 11.9. The number of aromatic amines is 1. The number of rotatable bonds is 2. The van der Waals surface area contributed by atoms with Crippen molar-refractivity contribution in [1.29, 1.82) is 0 Å². The van der Waals surface area contributed by atoms with Gasteiger partial charge < -0.3 is 10.3 Å². The number of nitrogens with one attached hydrogen (secondary N) is 2. The second kappa shape index (κ2) is 5.44. The van der Waals surface area contributed by atoms with Crippen LogP contribution >= 0.6 is 0 Å². The molecule has 2 heterocycles. The number of fused-ring (bicyclic) bond motifs is 3. The number of aryl methyl sites for hydroxylation is 2. The first kappa shape index (κ1) is 15.9. The Kier molecular flexibility index (Phi) is 3.45. The number of hydrogen-bond donors (Lipinski definition) is 2. The number of urea groups is 1. The van der Waals surface area contributed by atoms with Crippen LogP contribution in [0.4, 0.5) is 4.79 Å². The molecule has 25 heavy (non-hydrogen) atoms. The van der Waals surface area contributed by atoms with Crippen LogP contribution in [0, 0.1) is 6.92 Å². The normalized spacial score (nSPS) is 24.9. The number of imide groups is 1. The molecule has 1 aromatic heterocycles. The number of nitrogens with zero attached hydrogens (tertiary/aromatic N) is 2. The molecule has 1 aliphatic heterocycles. The molecule has 2 aliphatic rings. The van der Waals surface area contributed by atoms with Crippen molar-refractivity contribution in [2.24, 2.45) is 5.10 Å². The second-order valence-corrected chi connectivity index (χ2v) is 7.16. The Morgan fingerprint density at radius 1 is 1.28 bits per heavy atom. The maximum atomic E-state index is 12.6. The third kappa shape index (κ3) is 2.35. The lowest BCUT2D eigenvalue weighted by molar-refractivity contribution is -0.130. The van der Waals surface area contributed by atoms with Gasteiger partial charge in [-0.05, 0) is 57.2 Å². The van der Waals surface area contributed by atoms with Crippen molar-refractivity contribution in [3.8, 4) is 0 Å². The number of benzene rings is 1. The fraction of sp³-hybridized carbons (Fsp3) is 0.421. The summed E-state index contributed by atoms with van der Waals surface area (Å²) in [5.41, 5.74) is 4.38. The van der Waals surface area contributed by atoms with Crippen molar-refractivity contribution < 1.29 is 9.59 Å². The zero-order valence-corrected chi connectivity index (χ0v) is 14.8. The van der Waals surface area contributed by atoms with Gasteiger partial charge in [0.05, 0.1) is 11.4 Å². The SMILES string of the molecule is CCC1(C)NC(=O)N(/N=C2\CCCc3c2[nH]c2ccc(C)cc32)C1=O. The van der Waals surface area contributed by atoms with Crippen molar-refractivity contribution >= 4 is 28.6 Å². The fourth-order valence-corrected chi connectivity index (χ4v) is 3.64. The van der Waals surface area contributed by atoms with E-state index in [1.54, 1.807) is 6.92 Å². The summed E-state index contributed by atoms with van der Waals surface area (Å²) in [4.78, 5) is 28.3. The first-order valence-corrected chi connectivity index (χ1v) is 8.78. The van der Waals surface area contributed by atoms with Crippen molar-refractivity contribution in [2.75, 3.05) is 0 Å². The quantitative estimate of drug-likeness (QED) is 0.825. The predicted octanol–water partition coefficient (Wildman–Crippen LogP) is 3.24. The summed E-state index contributed by atoms with van der Waals surface area (Å²) >= 11 is 0. The van der Waals surface area contributed by atoms with E-state index >= 15 is 0 Å². The van der Waals surface area contributed by atoms with Gasteiger partial charge in [0.15, 0.2) is 0 Å². The Balaban J connectivity index is 1.79. The summed E-state index contributed by atoms with van der Waals surface area (Å²) in [6.45, 7) is 5.70. The number of hydrogen-bond acceptors (Lipinski definition) is 3. The van der Waals surface area contributed by atoms with Crippen LogP contribution < -0.4 is 5.32 Å². The molecular formula is C19H22N4O2. The lowest BCUT2D eigenvalue weighted by atomic mass is 9.93. The standard InChI is InChI=1S/C19H22N4O2/c1-4-19(3)17(24)23(18(25)21-19)22-15-7-5-6-12-13-10-11(2)8-9-14(13)20-16(12)15/h8-10,20H,4-7H2,1-3H3,(H,21,25)/b22-15+. The van der Waals surface area contributed by atoms with Gasteiger partial charge in [-0.1, -0.05) is 18.6 Å². The van der Waals surface area contributed by atoms with Crippen molar-refractivity contribution in [3.63, 3.8) is 0 Å². The molecule has 4 rings (SSSR count). The molecule has 1 aliphatic carbocycles. The zero-order chi connectivity index (χ0) is 17.8. The Morgan fingerprint density at radius 2 is 2.08 bits per heavy atom. The molecule has 1 aromatic carbocycles. The summed E-state index contributed by atoms with van der Waals surface area (Å²) in [6, 6.07) is 5.88. The summed E-state index contributed by atoms with van der Waals surface area (Å²) < 4.78 is 0. The Labute approximate surface area is 146 Å². The molecule has 3 amide bonds. The molecule has 6 heteroatoms. The lowest BCUT2D eigenvalue weighted by Gasteiger charge is -2.19. The van der Waals surface area contributed by atoms with Gasteiger partial charge >= 0.3 is 6.03 Å². The molecule has 1 unspecified atom stereocenters. The van der Waals surface area contributed by atoms with E-state index < -0.39 is 11.6 Å². The maximum absolute atomic E-state index is 12.6.